The first kappa shape index (κ1) is 22.0. The number of fused-ring (bicyclic) bond motifs is 1. The summed E-state index contributed by atoms with van der Waals surface area (Å²) in [7, 11) is 0. The Morgan fingerprint density at radius 2 is 1.72 bits per heavy atom. The van der Waals surface area contributed by atoms with Crippen LogP contribution in [0.3, 0.4) is 0 Å². The third-order valence-corrected chi connectivity index (χ3v) is 5.99. The summed E-state index contributed by atoms with van der Waals surface area (Å²) >= 11 is 3.36. The summed E-state index contributed by atoms with van der Waals surface area (Å²) in [4.78, 5) is 25.2. The Bertz CT molecular complexity index is 1210. The van der Waals surface area contributed by atoms with E-state index in [4.69, 9.17) is 9.47 Å². The van der Waals surface area contributed by atoms with Crippen LogP contribution in [0.2, 0.25) is 0 Å². The number of halogens is 1. The van der Waals surface area contributed by atoms with E-state index in [2.05, 4.69) is 41.9 Å². The van der Waals surface area contributed by atoms with Gasteiger partial charge in [0.15, 0.2) is 18.1 Å². The normalized spacial score (nSPS) is 13.9. The maximum absolute atomic E-state index is 12.8. The van der Waals surface area contributed by atoms with Gasteiger partial charge in [0.05, 0.1) is 5.56 Å². The first-order valence-electron chi connectivity index (χ1n) is 10.4. The van der Waals surface area contributed by atoms with E-state index < -0.39 is 0 Å². The largest absolute Gasteiger partial charge is 0.485 e. The van der Waals surface area contributed by atoms with Gasteiger partial charge < -0.3 is 9.47 Å². The lowest BCUT2D eigenvalue weighted by atomic mass is 10.0. The number of carbonyl (C=O) groups excluding carboxylic acids is 2. The second-order valence-corrected chi connectivity index (χ2v) is 8.96. The molecule has 0 aliphatic carbocycles. The average Bonchev–Trinajstić information content (AvgIpc) is 3.10. The quantitative estimate of drug-likeness (QED) is 0.283. The summed E-state index contributed by atoms with van der Waals surface area (Å²) in [6.07, 6.45) is 1.75. The Labute approximate surface area is 196 Å². The molecular weight excluding hydrogens is 468 g/mol. The summed E-state index contributed by atoms with van der Waals surface area (Å²) in [5.41, 5.74) is 3.91. The minimum absolute atomic E-state index is 0.0971. The highest BCUT2D eigenvalue weighted by atomic mass is 79.9. The molecule has 5 heteroatoms. The maximum atomic E-state index is 12.8. The molecule has 0 radical (unpaired) electrons. The first-order valence-corrected chi connectivity index (χ1v) is 11.2. The minimum atomic E-state index is -0.159. The molecule has 1 heterocycles. The van der Waals surface area contributed by atoms with Gasteiger partial charge in [-0.15, -0.1) is 0 Å². The van der Waals surface area contributed by atoms with Gasteiger partial charge in [0, 0.05) is 15.6 Å². The Hall–Kier alpha value is -3.18. The molecule has 0 aromatic heterocycles. The van der Waals surface area contributed by atoms with Gasteiger partial charge in [0.2, 0.25) is 5.78 Å². The molecule has 4 nitrogen and oxygen atoms in total. The number of ether oxygens (including phenoxy) is 2. The van der Waals surface area contributed by atoms with E-state index in [0.29, 0.717) is 34.1 Å². The SMILES string of the molecule is Cc1c(OCC(=O)c2ccc(Br)cc2)ccc2c1O/C(=C\c1ccc(C(C)C)cc1)C2=O. The molecular formula is C27H23BrO4. The third-order valence-electron chi connectivity index (χ3n) is 5.46. The molecule has 0 atom stereocenters. The van der Waals surface area contributed by atoms with Crippen LogP contribution in [0, 0.1) is 6.92 Å². The molecule has 32 heavy (non-hydrogen) atoms. The smallest absolute Gasteiger partial charge is 0.231 e. The number of ketones is 2. The van der Waals surface area contributed by atoms with Gasteiger partial charge in [-0.3, -0.25) is 9.59 Å². The average molecular weight is 491 g/mol. The molecule has 162 valence electrons. The second kappa shape index (κ2) is 9.13. The Morgan fingerprint density at radius 1 is 1.03 bits per heavy atom. The van der Waals surface area contributed by atoms with Crippen molar-refractivity contribution < 1.29 is 19.1 Å². The van der Waals surface area contributed by atoms with E-state index in [1.165, 1.54) is 5.56 Å². The maximum Gasteiger partial charge on any atom is 0.231 e. The van der Waals surface area contributed by atoms with Crippen molar-refractivity contribution in [3.63, 3.8) is 0 Å². The van der Waals surface area contributed by atoms with Crippen LogP contribution in [-0.4, -0.2) is 18.2 Å². The van der Waals surface area contributed by atoms with Crippen LogP contribution < -0.4 is 9.47 Å². The van der Waals surface area contributed by atoms with Crippen molar-refractivity contribution in [1.82, 2.24) is 0 Å². The predicted octanol–water partition coefficient (Wildman–Crippen LogP) is 6.76. The number of carbonyl (C=O) groups is 2. The molecule has 0 N–H and O–H groups in total. The van der Waals surface area contributed by atoms with Crippen molar-refractivity contribution >= 4 is 33.6 Å². The third kappa shape index (κ3) is 4.53. The standard InChI is InChI=1S/C27H23BrO4/c1-16(2)19-6-4-18(5-7-19)14-25-26(30)22-12-13-24(17(3)27(22)32-25)31-15-23(29)20-8-10-21(28)11-9-20/h4-14,16H,15H2,1-3H3/b25-14-. The van der Waals surface area contributed by atoms with E-state index >= 15 is 0 Å². The molecule has 0 saturated heterocycles. The van der Waals surface area contributed by atoms with E-state index in [0.717, 1.165) is 10.0 Å². The van der Waals surface area contributed by atoms with Crippen LogP contribution in [-0.2, 0) is 0 Å². The molecule has 0 bridgehead atoms. The molecule has 4 rings (SSSR count). The molecule has 3 aromatic carbocycles. The summed E-state index contributed by atoms with van der Waals surface area (Å²) in [5, 5.41) is 0. The zero-order valence-corrected chi connectivity index (χ0v) is 19.7. The fraction of sp³-hybridized carbons (Fsp3) is 0.185. The van der Waals surface area contributed by atoms with Gasteiger partial charge in [0.1, 0.15) is 11.5 Å². The van der Waals surface area contributed by atoms with Gasteiger partial charge >= 0.3 is 0 Å². The van der Waals surface area contributed by atoms with Gasteiger partial charge in [-0.05, 0) is 54.3 Å². The lowest BCUT2D eigenvalue weighted by Gasteiger charge is -2.11. The summed E-state index contributed by atoms with van der Waals surface area (Å²) in [6, 6.07) is 18.6. The number of Topliss-reactive ketones (excluding diaryl/α,β-unsaturated/α-hetero) is 2. The van der Waals surface area contributed by atoms with E-state index in [1.807, 2.05) is 31.2 Å². The number of hydrogen-bond acceptors (Lipinski definition) is 4. The van der Waals surface area contributed by atoms with Crippen molar-refractivity contribution in [3.05, 3.63) is 98.7 Å². The Morgan fingerprint density at radius 3 is 2.38 bits per heavy atom. The van der Waals surface area contributed by atoms with Crippen molar-refractivity contribution in [2.24, 2.45) is 0 Å². The molecule has 0 spiro atoms. The van der Waals surface area contributed by atoms with Crippen LogP contribution in [0.5, 0.6) is 11.5 Å². The van der Waals surface area contributed by atoms with E-state index in [1.54, 1.807) is 30.3 Å². The zero-order valence-electron chi connectivity index (χ0n) is 18.1. The van der Waals surface area contributed by atoms with Gasteiger partial charge in [0.25, 0.3) is 0 Å². The second-order valence-electron chi connectivity index (χ2n) is 8.05. The minimum Gasteiger partial charge on any atom is -0.485 e. The van der Waals surface area contributed by atoms with Crippen LogP contribution in [0.25, 0.3) is 6.08 Å². The molecule has 1 aliphatic heterocycles. The fourth-order valence-electron chi connectivity index (χ4n) is 3.52. The monoisotopic (exact) mass is 490 g/mol. The van der Waals surface area contributed by atoms with Crippen molar-refractivity contribution in [1.29, 1.82) is 0 Å². The highest BCUT2D eigenvalue weighted by Crippen LogP contribution is 2.39. The highest BCUT2D eigenvalue weighted by molar-refractivity contribution is 9.10. The molecule has 0 amide bonds. The van der Waals surface area contributed by atoms with Crippen LogP contribution >= 0.6 is 15.9 Å². The Kier molecular flexibility index (Phi) is 6.28. The number of rotatable bonds is 6. The number of hydrogen-bond donors (Lipinski definition) is 0. The fourth-order valence-corrected chi connectivity index (χ4v) is 3.78. The highest BCUT2D eigenvalue weighted by Gasteiger charge is 2.30. The van der Waals surface area contributed by atoms with Crippen LogP contribution in [0.1, 0.15) is 57.2 Å². The van der Waals surface area contributed by atoms with Crippen LogP contribution in [0.15, 0.2) is 70.9 Å². The summed E-state index contributed by atoms with van der Waals surface area (Å²) in [5.74, 6) is 1.44. The lowest BCUT2D eigenvalue weighted by molar-refractivity contribution is 0.0920. The van der Waals surface area contributed by atoms with E-state index in [-0.39, 0.29) is 23.9 Å². The summed E-state index contributed by atoms with van der Waals surface area (Å²) < 4.78 is 12.6. The van der Waals surface area contributed by atoms with Crippen molar-refractivity contribution in [2.45, 2.75) is 26.7 Å². The molecule has 0 saturated carbocycles. The number of allylic oxidation sites excluding steroid dienone is 1. The summed E-state index contributed by atoms with van der Waals surface area (Å²) in [6.45, 7) is 6.01. The number of benzene rings is 3. The lowest BCUT2D eigenvalue weighted by Crippen LogP contribution is -2.12. The molecule has 1 aliphatic rings. The van der Waals surface area contributed by atoms with Gasteiger partial charge in [-0.2, -0.15) is 0 Å². The van der Waals surface area contributed by atoms with Crippen molar-refractivity contribution in [2.75, 3.05) is 6.61 Å². The molecule has 3 aromatic rings. The molecule has 0 fully saturated rings. The topological polar surface area (TPSA) is 52.6 Å². The van der Waals surface area contributed by atoms with E-state index in [9.17, 15) is 9.59 Å². The van der Waals surface area contributed by atoms with Crippen molar-refractivity contribution in [3.8, 4) is 11.5 Å². The first-order chi connectivity index (χ1) is 15.3. The van der Waals surface area contributed by atoms with Gasteiger partial charge in [-0.1, -0.05) is 66.2 Å². The molecule has 0 unspecified atom stereocenters. The van der Waals surface area contributed by atoms with Gasteiger partial charge in [-0.25, -0.2) is 0 Å². The Balaban J connectivity index is 1.50. The predicted molar refractivity (Wildman–Crippen MR) is 129 cm³/mol. The zero-order chi connectivity index (χ0) is 22.8. The van der Waals surface area contributed by atoms with Crippen LogP contribution in [0.4, 0.5) is 0 Å².